The molecule has 0 saturated carbocycles. The van der Waals surface area contributed by atoms with Crippen molar-refractivity contribution in [1.29, 1.82) is 0 Å². The molecule has 1 unspecified atom stereocenters. The van der Waals surface area contributed by atoms with E-state index in [1.165, 1.54) is 11.1 Å². The maximum atomic E-state index is 12.6. The van der Waals surface area contributed by atoms with E-state index in [1.807, 2.05) is 35.2 Å². The van der Waals surface area contributed by atoms with Crippen molar-refractivity contribution in [2.75, 3.05) is 14.2 Å². The number of nitrogens with zero attached hydrogens (tertiary/aromatic N) is 1. The van der Waals surface area contributed by atoms with E-state index in [2.05, 4.69) is 19.1 Å². The summed E-state index contributed by atoms with van der Waals surface area (Å²) in [5.41, 5.74) is 3.59. The van der Waals surface area contributed by atoms with Gasteiger partial charge in [-0.2, -0.15) is 0 Å². The molecule has 24 heavy (non-hydrogen) atoms. The summed E-state index contributed by atoms with van der Waals surface area (Å²) in [6.07, 6.45) is 1.19. The second-order valence-corrected chi connectivity index (χ2v) is 6.09. The van der Waals surface area contributed by atoms with E-state index in [-0.39, 0.29) is 11.9 Å². The average Bonchev–Trinajstić information content (AvgIpc) is 2.96. The van der Waals surface area contributed by atoms with Crippen molar-refractivity contribution in [2.45, 2.75) is 32.4 Å². The van der Waals surface area contributed by atoms with Gasteiger partial charge >= 0.3 is 0 Å². The molecule has 0 aliphatic carbocycles. The minimum Gasteiger partial charge on any atom is -0.493 e. The fourth-order valence-electron chi connectivity index (χ4n) is 3.31. The molecular formula is C20H23NO3. The Bertz CT molecular complexity index is 741. The lowest BCUT2D eigenvalue weighted by Crippen LogP contribution is -2.28. The van der Waals surface area contributed by atoms with Crippen molar-refractivity contribution in [2.24, 2.45) is 0 Å². The van der Waals surface area contributed by atoms with Crippen LogP contribution in [-0.2, 0) is 17.8 Å². The van der Waals surface area contributed by atoms with Crippen molar-refractivity contribution < 1.29 is 14.3 Å². The molecule has 1 aliphatic heterocycles. The summed E-state index contributed by atoms with van der Waals surface area (Å²) in [4.78, 5) is 14.6. The average molecular weight is 325 g/mol. The molecule has 3 rings (SSSR count). The first-order valence-corrected chi connectivity index (χ1v) is 8.22. The first-order chi connectivity index (χ1) is 11.6. The van der Waals surface area contributed by atoms with Crippen LogP contribution in [0.2, 0.25) is 0 Å². The molecule has 2 aromatic rings. The zero-order valence-corrected chi connectivity index (χ0v) is 14.4. The van der Waals surface area contributed by atoms with Gasteiger partial charge in [0.15, 0.2) is 11.5 Å². The summed E-state index contributed by atoms with van der Waals surface area (Å²) < 4.78 is 10.6. The summed E-state index contributed by atoms with van der Waals surface area (Å²) >= 11 is 0. The number of amides is 1. The monoisotopic (exact) mass is 325 g/mol. The van der Waals surface area contributed by atoms with Crippen LogP contribution in [0.3, 0.4) is 0 Å². The molecular weight excluding hydrogens is 302 g/mol. The topological polar surface area (TPSA) is 38.8 Å². The number of benzene rings is 2. The van der Waals surface area contributed by atoms with E-state index in [0.29, 0.717) is 30.9 Å². The highest BCUT2D eigenvalue weighted by Crippen LogP contribution is 2.34. The highest BCUT2D eigenvalue weighted by molar-refractivity contribution is 5.78. The lowest BCUT2D eigenvalue weighted by Gasteiger charge is -2.22. The summed E-state index contributed by atoms with van der Waals surface area (Å²) in [5.74, 6) is 1.59. The molecule has 1 heterocycles. The van der Waals surface area contributed by atoms with Crippen molar-refractivity contribution in [3.05, 3.63) is 59.2 Å². The van der Waals surface area contributed by atoms with Gasteiger partial charge in [-0.15, -0.1) is 0 Å². The Labute approximate surface area is 143 Å². The standard InChI is InChI=1S/C20H23NO3/c1-14-17-7-5-4-6-16(17)13-21(14)20(22)11-9-15-8-10-18(23-2)19(12-15)24-3/h4-8,10,12,14H,9,11,13H2,1-3H3. The van der Waals surface area contributed by atoms with Gasteiger partial charge in [-0.25, -0.2) is 0 Å². The SMILES string of the molecule is COc1ccc(CCC(=O)N2Cc3ccccc3C2C)cc1OC. The predicted molar refractivity (Wildman–Crippen MR) is 93.3 cm³/mol. The van der Waals surface area contributed by atoms with Crippen molar-refractivity contribution in [3.8, 4) is 11.5 Å². The molecule has 0 aromatic heterocycles. The molecule has 0 N–H and O–H groups in total. The van der Waals surface area contributed by atoms with E-state index in [4.69, 9.17) is 9.47 Å². The molecule has 0 radical (unpaired) electrons. The van der Waals surface area contributed by atoms with Crippen LogP contribution in [-0.4, -0.2) is 25.0 Å². The summed E-state index contributed by atoms with van der Waals surface area (Å²) in [5, 5.41) is 0. The smallest absolute Gasteiger partial charge is 0.223 e. The van der Waals surface area contributed by atoms with Gasteiger partial charge < -0.3 is 14.4 Å². The van der Waals surface area contributed by atoms with Crippen LogP contribution in [0.5, 0.6) is 11.5 Å². The molecule has 0 saturated heterocycles. The quantitative estimate of drug-likeness (QED) is 0.840. The highest BCUT2D eigenvalue weighted by Gasteiger charge is 2.29. The van der Waals surface area contributed by atoms with E-state index in [0.717, 1.165) is 5.56 Å². The first kappa shape index (κ1) is 16.4. The van der Waals surface area contributed by atoms with Gasteiger partial charge in [-0.1, -0.05) is 30.3 Å². The van der Waals surface area contributed by atoms with Gasteiger partial charge in [0.05, 0.1) is 20.3 Å². The van der Waals surface area contributed by atoms with Crippen LogP contribution in [0.4, 0.5) is 0 Å². The lowest BCUT2D eigenvalue weighted by atomic mass is 10.1. The Hall–Kier alpha value is -2.49. The zero-order valence-electron chi connectivity index (χ0n) is 14.4. The number of methoxy groups -OCH3 is 2. The number of hydrogen-bond acceptors (Lipinski definition) is 3. The summed E-state index contributed by atoms with van der Waals surface area (Å²) in [6.45, 7) is 2.81. The van der Waals surface area contributed by atoms with Gasteiger partial charge in [-0.05, 0) is 42.2 Å². The van der Waals surface area contributed by atoms with Crippen molar-refractivity contribution in [1.82, 2.24) is 4.90 Å². The number of carbonyl (C=O) groups excluding carboxylic acids is 1. The Morgan fingerprint density at radius 3 is 2.58 bits per heavy atom. The third-order valence-electron chi connectivity index (χ3n) is 4.71. The van der Waals surface area contributed by atoms with Crippen LogP contribution in [0.25, 0.3) is 0 Å². The van der Waals surface area contributed by atoms with Gasteiger partial charge in [-0.3, -0.25) is 4.79 Å². The van der Waals surface area contributed by atoms with Crippen LogP contribution in [0.1, 0.15) is 36.1 Å². The fourth-order valence-corrected chi connectivity index (χ4v) is 3.31. The molecule has 0 bridgehead atoms. The molecule has 126 valence electrons. The molecule has 1 aliphatic rings. The van der Waals surface area contributed by atoms with Crippen LogP contribution in [0, 0.1) is 0 Å². The number of aryl methyl sites for hydroxylation is 1. The summed E-state index contributed by atoms with van der Waals surface area (Å²) in [6, 6.07) is 14.2. The Balaban J connectivity index is 1.65. The van der Waals surface area contributed by atoms with E-state index < -0.39 is 0 Å². The largest absolute Gasteiger partial charge is 0.493 e. The molecule has 1 amide bonds. The van der Waals surface area contributed by atoms with Gasteiger partial charge in [0.25, 0.3) is 0 Å². The Morgan fingerprint density at radius 1 is 1.12 bits per heavy atom. The lowest BCUT2D eigenvalue weighted by molar-refractivity contribution is -0.133. The predicted octanol–water partition coefficient (Wildman–Crippen LogP) is 3.74. The van der Waals surface area contributed by atoms with Crippen molar-refractivity contribution >= 4 is 5.91 Å². The second-order valence-electron chi connectivity index (χ2n) is 6.09. The second kappa shape index (κ2) is 6.95. The third-order valence-corrected chi connectivity index (χ3v) is 4.71. The van der Waals surface area contributed by atoms with E-state index in [1.54, 1.807) is 14.2 Å². The third kappa shape index (κ3) is 3.09. The minimum absolute atomic E-state index is 0.152. The van der Waals surface area contributed by atoms with Crippen molar-refractivity contribution in [3.63, 3.8) is 0 Å². The van der Waals surface area contributed by atoms with E-state index in [9.17, 15) is 4.79 Å². The maximum Gasteiger partial charge on any atom is 0.223 e. The van der Waals surface area contributed by atoms with Crippen LogP contribution < -0.4 is 9.47 Å². The first-order valence-electron chi connectivity index (χ1n) is 8.22. The zero-order chi connectivity index (χ0) is 17.1. The molecule has 4 heteroatoms. The molecule has 1 atom stereocenters. The van der Waals surface area contributed by atoms with Crippen LogP contribution in [0.15, 0.2) is 42.5 Å². The van der Waals surface area contributed by atoms with Gasteiger partial charge in [0, 0.05) is 13.0 Å². The molecule has 2 aromatic carbocycles. The van der Waals surface area contributed by atoms with E-state index >= 15 is 0 Å². The van der Waals surface area contributed by atoms with Gasteiger partial charge in [0.2, 0.25) is 5.91 Å². The Morgan fingerprint density at radius 2 is 1.88 bits per heavy atom. The molecule has 4 nitrogen and oxygen atoms in total. The number of ether oxygens (including phenoxy) is 2. The number of hydrogen-bond donors (Lipinski definition) is 0. The number of rotatable bonds is 5. The van der Waals surface area contributed by atoms with Crippen LogP contribution >= 0.6 is 0 Å². The normalized spacial score (nSPS) is 16.0. The Kier molecular flexibility index (Phi) is 4.74. The fraction of sp³-hybridized carbons (Fsp3) is 0.350. The minimum atomic E-state index is 0.152. The maximum absolute atomic E-state index is 12.6. The summed E-state index contributed by atoms with van der Waals surface area (Å²) in [7, 11) is 3.24. The highest BCUT2D eigenvalue weighted by atomic mass is 16.5. The number of fused-ring (bicyclic) bond motifs is 1. The number of carbonyl (C=O) groups is 1. The van der Waals surface area contributed by atoms with Gasteiger partial charge in [0.1, 0.15) is 0 Å². The molecule has 0 spiro atoms. The molecule has 0 fully saturated rings.